The van der Waals surface area contributed by atoms with E-state index in [1.165, 1.54) is 21.2 Å². The fourth-order valence-corrected chi connectivity index (χ4v) is 6.53. The van der Waals surface area contributed by atoms with Crippen LogP contribution in [0.15, 0.2) is 66.1 Å². The molecule has 0 atom stereocenters. The summed E-state index contributed by atoms with van der Waals surface area (Å²) in [5, 5.41) is 3.89. The number of hydrogen-bond donors (Lipinski definition) is 1. The Morgan fingerprint density at radius 1 is 1.07 bits per heavy atom. The van der Waals surface area contributed by atoms with E-state index in [1.807, 2.05) is 48.2 Å². The Hall–Kier alpha value is -4.55. The average Bonchev–Trinajstić information content (AvgIpc) is 2.97. The number of pyridine rings is 1. The Morgan fingerprint density at radius 3 is 2.64 bits per heavy atom. The first-order chi connectivity index (χ1) is 20.0. The first-order valence-electron chi connectivity index (χ1n) is 13.6. The molecule has 11 nitrogen and oxygen atoms in total. The summed E-state index contributed by atoms with van der Waals surface area (Å²) < 4.78 is 27.1. The second kappa shape index (κ2) is 10.4. The van der Waals surface area contributed by atoms with Crippen LogP contribution < -0.4 is 20.7 Å². The first-order valence-corrected chi connectivity index (χ1v) is 15.4. The number of nitrogens with zero attached hydrogens (tertiary/aromatic N) is 6. The molecule has 2 aromatic carbocycles. The summed E-state index contributed by atoms with van der Waals surface area (Å²) in [6.07, 6.45) is 4.86. The van der Waals surface area contributed by atoms with Gasteiger partial charge in [0.05, 0.1) is 17.6 Å². The number of amides is 1. The van der Waals surface area contributed by atoms with E-state index in [0.717, 1.165) is 33.8 Å². The fraction of sp³-hybridized carbons (Fsp3) is 0.267. The highest BCUT2D eigenvalue weighted by Gasteiger charge is 2.30. The van der Waals surface area contributed by atoms with Crippen LogP contribution in [0.25, 0.3) is 11.0 Å². The molecule has 216 valence electrons. The van der Waals surface area contributed by atoms with Gasteiger partial charge in [0.2, 0.25) is 16.0 Å². The third kappa shape index (κ3) is 4.82. The SMILES string of the molecule is C=CC(=O)N1CCN(c2cc3cnc(Nc4ccc5c(c4)CN(S(C)(=O)=O)CC5)nc3n(C)c2=O)c2cccc(C)c21. The number of anilines is 5. The number of fused-ring (bicyclic) bond motifs is 3. The van der Waals surface area contributed by atoms with Gasteiger partial charge in [0.15, 0.2) is 0 Å². The van der Waals surface area contributed by atoms with Gasteiger partial charge >= 0.3 is 0 Å². The summed E-state index contributed by atoms with van der Waals surface area (Å²) in [6, 6.07) is 13.4. The van der Waals surface area contributed by atoms with Crippen LogP contribution in [0.5, 0.6) is 0 Å². The summed E-state index contributed by atoms with van der Waals surface area (Å²) in [7, 11) is -1.60. The molecule has 2 aliphatic rings. The third-order valence-electron chi connectivity index (χ3n) is 7.89. The molecule has 0 saturated heterocycles. The lowest BCUT2D eigenvalue weighted by atomic mass is 10.0. The summed E-state index contributed by atoms with van der Waals surface area (Å²) in [5.41, 5.74) is 5.94. The van der Waals surface area contributed by atoms with Gasteiger partial charge in [-0.2, -0.15) is 9.29 Å². The van der Waals surface area contributed by atoms with Crippen molar-refractivity contribution in [1.29, 1.82) is 0 Å². The van der Waals surface area contributed by atoms with E-state index in [-0.39, 0.29) is 11.5 Å². The van der Waals surface area contributed by atoms with Gasteiger partial charge in [0, 0.05) is 50.5 Å². The predicted octanol–water partition coefficient (Wildman–Crippen LogP) is 3.37. The van der Waals surface area contributed by atoms with Crippen molar-refractivity contribution in [2.75, 3.05) is 41.0 Å². The Kier molecular flexibility index (Phi) is 6.82. The highest BCUT2D eigenvalue weighted by atomic mass is 32.2. The van der Waals surface area contributed by atoms with Crippen LogP contribution in [-0.4, -0.2) is 59.1 Å². The number of carbonyl (C=O) groups is 1. The third-order valence-corrected chi connectivity index (χ3v) is 9.14. The maximum absolute atomic E-state index is 13.7. The standard InChI is InChI=1S/C30H31N7O4S/c1-5-26(38)37-14-13-36(24-8-6-7-19(2)27(24)37)25-16-21-17-31-30(33-28(21)34(3)29(25)39)32-23-10-9-20-11-12-35(42(4,40)41)18-22(20)15-23/h5-10,15-17H,1,11-14,18H2,2-4H3,(H,31,32,33). The summed E-state index contributed by atoms with van der Waals surface area (Å²) >= 11 is 0. The van der Waals surface area contributed by atoms with Crippen molar-refractivity contribution >= 4 is 55.7 Å². The van der Waals surface area contributed by atoms with Gasteiger partial charge in [-0.3, -0.25) is 14.2 Å². The molecule has 0 fully saturated rings. The number of para-hydroxylation sites is 1. The molecule has 0 aliphatic carbocycles. The Bertz CT molecular complexity index is 1940. The highest BCUT2D eigenvalue weighted by molar-refractivity contribution is 7.88. The van der Waals surface area contributed by atoms with Gasteiger partial charge in [-0.1, -0.05) is 24.8 Å². The van der Waals surface area contributed by atoms with E-state index in [0.29, 0.717) is 55.3 Å². The van der Waals surface area contributed by atoms with Crippen LogP contribution in [0, 0.1) is 6.92 Å². The quantitative estimate of drug-likeness (QED) is 0.354. The smallest absolute Gasteiger partial charge is 0.275 e. The number of aromatic nitrogens is 3. The lowest BCUT2D eigenvalue weighted by molar-refractivity contribution is -0.114. The van der Waals surface area contributed by atoms with Gasteiger partial charge in [0.25, 0.3) is 11.5 Å². The van der Waals surface area contributed by atoms with Crippen molar-refractivity contribution in [3.05, 3.63) is 88.4 Å². The topological polar surface area (TPSA) is 121 Å². The zero-order valence-corrected chi connectivity index (χ0v) is 24.5. The van der Waals surface area contributed by atoms with Gasteiger partial charge < -0.3 is 15.1 Å². The number of sulfonamides is 1. The van der Waals surface area contributed by atoms with Crippen LogP contribution >= 0.6 is 0 Å². The number of rotatable bonds is 5. The van der Waals surface area contributed by atoms with Gasteiger partial charge in [-0.05, 0) is 60.4 Å². The number of nitrogens with one attached hydrogen (secondary N) is 1. The Morgan fingerprint density at radius 2 is 1.88 bits per heavy atom. The van der Waals surface area contributed by atoms with E-state index in [9.17, 15) is 18.0 Å². The first kappa shape index (κ1) is 27.6. The normalized spacial score (nSPS) is 15.3. The molecule has 2 aromatic heterocycles. The molecule has 0 bridgehead atoms. The lowest BCUT2D eigenvalue weighted by Gasteiger charge is -2.38. The van der Waals surface area contributed by atoms with Crippen LogP contribution in [0.2, 0.25) is 0 Å². The molecule has 1 N–H and O–H groups in total. The summed E-state index contributed by atoms with van der Waals surface area (Å²) in [5.74, 6) is 0.134. The molecular formula is C30H31N7O4S. The van der Waals surface area contributed by atoms with Gasteiger partial charge in [-0.25, -0.2) is 13.4 Å². The van der Waals surface area contributed by atoms with E-state index in [4.69, 9.17) is 0 Å². The van der Waals surface area contributed by atoms with E-state index >= 15 is 0 Å². The molecule has 1 amide bonds. The number of aryl methyl sites for hydroxylation is 2. The van der Waals surface area contributed by atoms with Crippen molar-refractivity contribution < 1.29 is 13.2 Å². The van der Waals surface area contributed by atoms with Crippen molar-refractivity contribution in [1.82, 2.24) is 18.8 Å². The molecule has 6 rings (SSSR count). The minimum Gasteiger partial charge on any atom is -0.333 e. The van der Waals surface area contributed by atoms with Crippen LogP contribution in [0.4, 0.5) is 28.7 Å². The molecule has 42 heavy (non-hydrogen) atoms. The average molecular weight is 586 g/mol. The molecule has 4 heterocycles. The zero-order chi connectivity index (χ0) is 29.8. The largest absolute Gasteiger partial charge is 0.333 e. The molecule has 12 heteroatoms. The molecule has 0 spiro atoms. The van der Waals surface area contributed by atoms with Crippen molar-refractivity contribution in [3.63, 3.8) is 0 Å². The van der Waals surface area contributed by atoms with Crippen LogP contribution in [-0.2, 0) is 34.8 Å². The molecular weight excluding hydrogens is 554 g/mol. The highest BCUT2D eigenvalue weighted by Crippen LogP contribution is 2.39. The second-order valence-electron chi connectivity index (χ2n) is 10.6. The predicted molar refractivity (Wildman–Crippen MR) is 164 cm³/mol. The molecule has 0 saturated carbocycles. The zero-order valence-electron chi connectivity index (χ0n) is 23.7. The summed E-state index contributed by atoms with van der Waals surface area (Å²) in [6.45, 7) is 7.21. The van der Waals surface area contributed by atoms with Gasteiger partial charge in [0.1, 0.15) is 11.3 Å². The fourth-order valence-electron chi connectivity index (χ4n) is 5.73. The van der Waals surface area contributed by atoms with Crippen LogP contribution in [0.1, 0.15) is 16.7 Å². The molecule has 4 aromatic rings. The minimum atomic E-state index is -3.28. The van der Waals surface area contributed by atoms with Crippen molar-refractivity contribution in [2.24, 2.45) is 7.05 Å². The maximum atomic E-state index is 13.7. The monoisotopic (exact) mass is 585 g/mol. The van der Waals surface area contributed by atoms with Crippen LogP contribution in [0.3, 0.4) is 0 Å². The van der Waals surface area contributed by atoms with E-state index < -0.39 is 10.0 Å². The second-order valence-corrected chi connectivity index (χ2v) is 12.6. The Balaban J connectivity index is 1.33. The molecule has 0 radical (unpaired) electrons. The lowest BCUT2D eigenvalue weighted by Crippen LogP contribution is -2.43. The number of hydrogen-bond acceptors (Lipinski definition) is 8. The Labute approximate surface area is 243 Å². The molecule has 0 unspecified atom stereocenters. The number of carbonyl (C=O) groups excluding carboxylic acids is 1. The minimum absolute atomic E-state index is 0.184. The van der Waals surface area contributed by atoms with E-state index in [1.54, 1.807) is 24.2 Å². The van der Waals surface area contributed by atoms with Crippen molar-refractivity contribution in [2.45, 2.75) is 19.9 Å². The van der Waals surface area contributed by atoms with Gasteiger partial charge in [-0.15, -0.1) is 0 Å². The number of benzene rings is 2. The maximum Gasteiger partial charge on any atom is 0.275 e. The molecule has 2 aliphatic heterocycles. The van der Waals surface area contributed by atoms with E-state index in [2.05, 4.69) is 21.9 Å². The summed E-state index contributed by atoms with van der Waals surface area (Å²) in [4.78, 5) is 39.0. The van der Waals surface area contributed by atoms with Crippen molar-refractivity contribution in [3.8, 4) is 0 Å².